The lowest BCUT2D eigenvalue weighted by molar-refractivity contribution is 0.524. The third-order valence-electron chi connectivity index (χ3n) is 1.74. The van der Waals surface area contributed by atoms with Crippen LogP contribution in [0.4, 0.5) is 0 Å². The highest BCUT2D eigenvalue weighted by Gasteiger charge is 2.17. The first-order valence-corrected chi connectivity index (χ1v) is 3.84. The molecule has 2 nitrogen and oxygen atoms in total. The van der Waals surface area contributed by atoms with E-state index in [0.29, 0.717) is 0 Å². The monoisotopic (exact) mass is 140 g/mol. The van der Waals surface area contributed by atoms with Crippen LogP contribution >= 0.6 is 0 Å². The van der Waals surface area contributed by atoms with Crippen LogP contribution in [0.15, 0.2) is 11.8 Å². The molecule has 0 aliphatic carbocycles. The summed E-state index contributed by atoms with van der Waals surface area (Å²) in [6, 6.07) is 0. The summed E-state index contributed by atoms with van der Waals surface area (Å²) < 4.78 is 0. The number of allylic oxidation sites excluding steroid dienone is 1. The second-order valence-electron chi connectivity index (χ2n) is 3.41. The Morgan fingerprint density at radius 2 is 2.30 bits per heavy atom. The fourth-order valence-corrected chi connectivity index (χ4v) is 1.13. The summed E-state index contributed by atoms with van der Waals surface area (Å²) in [7, 11) is 0. The lowest BCUT2D eigenvalue weighted by Gasteiger charge is -2.27. The van der Waals surface area contributed by atoms with Gasteiger partial charge in [-0.2, -0.15) is 0 Å². The van der Waals surface area contributed by atoms with Gasteiger partial charge < -0.3 is 11.1 Å². The quantitative estimate of drug-likeness (QED) is 0.570. The first kappa shape index (κ1) is 7.61. The SMILES string of the molecule is CC(C)(N)C1=CCCCN1. The van der Waals surface area contributed by atoms with E-state index in [9.17, 15) is 0 Å². The van der Waals surface area contributed by atoms with Crippen molar-refractivity contribution in [1.29, 1.82) is 0 Å². The molecule has 0 fully saturated rings. The highest BCUT2D eigenvalue weighted by atomic mass is 14.9. The largest absolute Gasteiger partial charge is 0.387 e. The molecule has 0 aromatic heterocycles. The average Bonchev–Trinajstić information content (AvgIpc) is 1.88. The zero-order valence-electron chi connectivity index (χ0n) is 6.78. The Kier molecular flexibility index (Phi) is 2.00. The Bertz CT molecular complexity index is 142. The van der Waals surface area contributed by atoms with Crippen LogP contribution in [0, 0.1) is 0 Å². The van der Waals surface area contributed by atoms with E-state index >= 15 is 0 Å². The molecule has 1 aliphatic heterocycles. The Hall–Kier alpha value is -0.500. The minimum Gasteiger partial charge on any atom is -0.387 e. The highest BCUT2D eigenvalue weighted by molar-refractivity contribution is 5.15. The fourth-order valence-electron chi connectivity index (χ4n) is 1.13. The second kappa shape index (κ2) is 2.62. The van der Waals surface area contributed by atoms with Crippen LogP contribution in [0.5, 0.6) is 0 Å². The summed E-state index contributed by atoms with van der Waals surface area (Å²) in [4.78, 5) is 0. The van der Waals surface area contributed by atoms with E-state index in [0.717, 1.165) is 6.54 Å². The predicted octanol–water partition coefficient (Wildman–Crippen LogP) is 0.991. The van der Waals surface area contributed by atoms with E-state index in [1.807, 2.05) is 13.8 Å². The molecule has 0 bridgehead atoms. The van der Waals surface area contributed by atoms with Crippen molar-refractivity contribution in [2.45, 2.75) is 32.2 Å². The predicted molar refractivity (Wildman–Crippen MR) is 43.6 cm³/mol. The van der Waals surface area contributed by atoms with Crippen molar-refractivity contribution < 1.29 is 0 Å². The molecule has 0 spiro atoms. The molecular formula is C8H16N2. The van der Waals surface area contributed by atoms with Gasteiger partial charge in [-0.25, -0.2) is 0 Å². The molecule has 1 rings (SSSR count). The van der Waals surface area contributed by atoms with Crippen molar-refractivity contribution in [1.82, 2.24) is 5.32 Å². The standard InChI is InChI=1S/C8H16N2/c1-8(2,9)7-5-3-4-6-10-7/h5,10H,3-4,6,9H2,1-2H3. The Balaban J connectivity index is 2.62. The van der Waals surface area contributed by atoms with Gasteiger partial charge in [0.25, 0.3) is 0 Å². The van der Waals surface area contributed by atoms with Gasteiger partial charge in [0.05, 0.1) is 0 Å². The Morgan fingerprint density at radius 3 is 2.60 bits per heavy atom. The average molecular weight is 140 g/mol. The van der Waals surface area contributed by atoms with Gasteiger partial charge in [0.15, 0.2) is 0 Å². The second-order valence-corrected chi connectivity index (χ2v) is 3.41. The molecule has 0 saturated heterocycles. The molecule has 1 heterocycles. The van der Waals surface area contributed by atoms with E-state index in [-0.39, 0.29) is 5.54 Å². The van der Waals surface area contributed by atoms with Crippen LogP contribution in [-0.4, -0.2) is 12.1 Å². The number of hydrogen-bond donors (Lipinski definition) is 2. The van der Waals surface area contributed by atoms with Gasteiger partial charge in [-0.3, -0.25) is 0 Å². The topological polar surface area (TPSA) is 38.0 Å². The maximum atomic E-state index is 5.88. The van der Waals surface area contributed by atoms with Crippen LogP contribution in [-0.2, 0) is 0 Å². The molecule has 0 aromatic carbocycles. The maximum absolute atomic E-state index is 5.88. The van der Waals surface area contributed by atoms with Gasteiger partial charge in [0, 0.05) is 17.8 Å². The summed E-state index contributed by atoms with van der Waals surface area (Å²) in [5.41, 5.74) is 6.89. The third-order valence-corrected chi connectivity index (χ3v) is 1.74. The van der Waals surface area contributed by atoms with Crippen molar-refractivity contribution in [3.63, 3.8) is 0 Å². The molecule has 1 aliphatic rings. The van der Waals surface area contributed by atoms with Crippen LogP contribution in [0.3, 0.4) is 0 Å². The summed E-state index contributed by atoms with van der Waals surface area (Å²) in [6.45, 7) is 5.13. The first-order valence-electron chi connectivity index (χ1n) is 3.84. The van der Waals surface area contributed by atoms with Crippen molar-refractivity contribution in [3.05, 3.63) is 11.8 Å². The molecule has 0 radical (unpaired) electrons. The van der Waals surface area contributed by atoms with E-state index in [1.165, 1.54) is 18.5 Å². The lowest BCUT2D eigenvalue weighted by atomic mass is 9.98. The molecule has 0 saturated carbocycles. The fraction of sp³-hybridized carbons (Fsp3) is 0.750. The van der Waals surface area contributed by atoms with Crippen LogP contribution in [0.2, 0.25) is 0 Å². The van der Waals surface area contributed by atoms with Crippen molar-refractivity contribution in [2.24, 2.45) is 5.73 Å². The minimum atomic E-state index is -0.180. The molecule has 2 heteroatoms. The van der Waals surface area contributed by atoms with Crippen molar-refractivity contribution in [3.8, 4) is 0 Å². The van der Waals surface area contributed by atoms with E-state index in [2.05, 4.69) is 11.4 Å². The molecule has 0 unspecified atom stereocenters. The lowest BCUT2D eigenvalue weighted by Crippen LogP contribution is -2.42. The number of rotatable bonds is 1. The van der Waals surface area contributed by atoms with Gasteiger partial charge in [-0.05, 0) is 26.7 Å². The Morgan fingerprint density at radius 1 is 1.60 bits per heavy atom. The molecule has 3 N–H and O–H groups in total. The Labute approximate surface area is 62.5 Å². The minimum absolute atomic E-state index is 0.180. The van der Waals surface area contributed by atoms with Crippen molar-refractivity contribution in [2.75, 3.05) is 6.54 Å². The normalized spacial score (nSPS) is 19.7. The zero-order chi connectivity index (χ0) is 7.61. The van der Waals surface area contributed by atoms with Gasteiger partial charge in [0.1, 0.15) is 0 Å². The zero-order valence-corrected chi connectivity index (χ0v) is 6.78. The first-order chi connectivity index (χ1) is 4.61. The van der Waals surface area contributed by atoms with Gasteiger partial charge >= 0.3 is 0 Å². The number of hydrogen-bond acceptors (Lipinski definition) is 2. The van der Waals surface area contributed by atoms with Crippen LogP contribution in [0.1, 0.15) is 26.7 Å². The molecule has 0 amide bonds. The van der Waals surface area contributed by atoms with E-state index in [1.54, 1.807) is 0 Å². The van der Waals surface area contributed by atoms with Gasteiger partial charge in [0.2, 0.25) is 0 Å². The van der Waals surface area contributed by atoms with E-state index in [4.69, 9.17) is 5.73 Å². The summed E-state index contributed by atoms with van der Waals surface area (Å²) in [6.07, 6.45) is 4.60. The summed E-state index contributed by atoms with van der Waals surface area (Å²) >= 11 is 0. The summed E-state index contributed by atoms with van der Waals surface area (Å²) in [5.74, 6) is 0. The number of nitrogens with two attached hydrogens (primary N) is 1. The molecule has 0 atom stereocenters. The van der Waals surface area contributed by atoms with Crippen molar-refractivity contribution >= 4 is 0 Å². The smallest absolute Gasteiger partial charge is 0.0497 e. The molecule has 10 heavy (non-hydrogen) atoms. The maximum Gasteiger partial charge on any atom is 0.0497 e. The number of nitrogens with one attached hydrogen (secondary N) is 1. The third kappa shape index (κ3) is 1.74. The molecular weight excluding hydrogens is 124 g/mol. The van der Waals surface area contributed by atoms with Gasteiger partial charge in [-0.15, -0.1) is 0 Å². The van der Waals surface area contributed by atoms with Crippen LogP contribution in [0.25, 0.3) is 0 Å². The van der Waals surface area contributed by atoms with Crippen LogP contribution < -0.4 is 11.1 Å². The summed E-state index contributed by atoms with van der Waals surface area (Å²) in [5, 5.41) is 3.30. The van der Waals surface area contributed by atoms with Gasteiger partial charge in [-0.1, -0.05) is 6.08 Å². The molecule has 58 valence electrons. The van der Waals surface area contributed by atoms with E-state index < -0.39 is 0 Å². The molecule has 0 aromatic rings. The highest BCUT2D eigenvalue weighted by Crippen LogP contribution is 2.13.